The van der Waals surface area contributed by atoms with Gasteiger partial charge < -0.3 is 9.92 Å². The Bertz CT molecular complexity index is 210. The van der Waals surface area contributed by atoms with Gasteiger partial charge in [0, 0.05) is 0 Å². The van der Waals surface area contributed by atoms with E-state index < -0.39 is 17.3 Å². The van der Waals surface area contributed by atoms with E-state index in [0.717, 1.165) is 5.57 Å². The fourth-order valence-electron chi connectivity index (χ4n) is 0.638. The van der Waals surface area contributed by atoms with Gasteiger partial charge in [-0.1, -0.05) is 17.3 Å². The van der Waals surface area contributed by atoms with Crippen LogP contribution < -0.4 is 5.73 Å². The molecule has 1 rings (SSSR count). The van der Waals surface area contributed by atoms with Gasteiger partial charge in [0.1, 0.15) is 0 Å². The Hall–Kier alpha value is -0.900. The zero-order valence-corrected chi connectivity index (χ0v) is 6.47. The van der Waals surface area contributed by atoms with Crippen LogP contribution in [0, 0.1) is 0 Å². The van der Waals surface area contributed by atoms with Crippen LogP contribution in [0.15, 0.2) is 22.5 Å². The highest BCUT2D eigenvalue weighted by molar-refractivity contribution is 8.18. The lowest BCUT2D eigenvalue weighted by atomic mass is 10.4. The fourth-order valence-corrected chi connectivity index (χ4v) is 1.92. The maximum Gasteiger partial charge on any atom is 0.415 e. The van der Waals surface area contributed by atoms with Crippen LogP contribution in [0.5, 0.6) is 0 Å². The largest absolute Gasteiger partial charge is 0.415 e. The second-order valence-electron chi connectivity index (χ2n) is 1.96. The Labute approximate surface area is 62.1 Å². The van der Waals surface area contributed by atoms with Crippen LogP contribution >= 0.6 is 11.2 Å². The number of primary amides is 1. The lowest BCUT2D eigenvalue weighted by Gasteiger charge is -2.07. The zero-order chi connectivity index (χ0) is 7.56. The molecular weight excluding hydrogens is 150 g/mol. The summed E-state index contributed by atoms with van der Waals surface area (Å²) in [5.41, 5.74) is 5.93. The van der Waals surface area contributed by atoms with Gasteiger partial charge in [-0.2, -0.15) is 0 Å². The highest BCUT2D eigenvalue weighted by atomic mass is 32.2. The van der Waals surface area contributed by atoms with Gasteiger partial charge in [-0.05, 0) is 23.3 Å². The summed E-state index contributed by atoms with van der Waals surface area (Å²) in [6, 6.07) is 0. The smallest absolute Gasteiger partial charge is 0.394 e. The third-order valence-corrected chi connectivity index (χ3v) is 2.51. The minimum Gasteiger partial charge on any atom is -0.394 e. The van der Waals surface area contributed by atoms with E-state index in [1.807, 2.05) is 23.8 Å². The summed E-state index contributed by atoms with van der Waals surface area (Å²) in [6.45, 7) is 1.95. The van der Waals surface area contributed by atoms with E-state index >= 15 is 0 Å². The molecule has 0 radical (unpaired) electrons. The van der Waals surface area contributed by atoms with Crippen molar-refractivity contribution in [3.05, 3.63) is 22.5 Å². The van der Waals surface area contributed by atoms with E-state index in [-0.39, 0.29) is 0 Å². The van der Waals surface area contributed by atoms with Crippen LogP contribution in [0.2, 0.25) is 0 Å². The number of thiol groups is 1. The molecule has 1 heterocycles. The lowest BCUT2D eigenvalue weighted by molar-refractivity contribution is 0.218. The summed E-state index contributed by atoms with van der Waals surface area (Å²) < 4.78 is 4.72. The van der Waals surface area contributed by atoms with Crippen LogP contribution in [0.4, 0.5) is 4.79 Å². The van der Waals surface area contributed by atoms with Crippen LogP contribution in [0.25, 0.3) is 0 Å². The Morgan fingerprint density at radius 2 is 2.50 bits per heavy atom. The van der Waals surface area contributed by atoms with Crippen molar-refractivity contribution in [2.75, 3.05) is 0 Å². The highest BCUT2D eigenvalue weighted by Gasteiger charge is 2.04. The number of carbonyl (C=O) groups is 1. The van der Waals surface area contributed by atoms with Crippen molar-refractivity contribution in [2.45, 2.75) is 6.92 Å². The predicted molar refractivity (Wildman–Crippen MR) is 42.6 cm³/mol. The van der Waals surface area contributed by atoms with E-state index in [2.05, 4.69) is 0 Å². The molecule has 10 heavy (non-hydrogen) atoms. The van der Waals surface area contributed by atoms with Crippen LogP contribution in [0.3, 0.4) is 0 Å². The Kier molecular flexibility index (Phi) is 2.01. The number of nitrogens with two attached hydrogens (primary N) is 1. The van der Waals surface area contributed by atoms with Gasteiger partial charge in [-0.3, -0.25) is 0 Å². The predicted octanol–water partition coefficient (Wildman–Crippen LogP) is 1.43. The molecule has 1 atom stereocenters. The first kappa shape index (κ1) is 7.21. The van der Waals surface area contributed by atoms with Crippen molar-refractivity contribution in [3.63, 3.8) is 0 Å². The second kappa shape index (κ2) is 2.79. The Balaban J connectivity index is 2.47. The number of hydrogen-bond acceptors (Lipinski definition) is 2. The van der Waals surface area contributed by atoms with Gasteiger partial charge in [0.25, 0.3) is 0 Å². The van der Waals surface area contributed by atoms with E-state index in [1.54, 1.807) is 0 Å². The van der Waals surface area contributed by atoms with Gasteiger partial charge in [-0.25, -0.2) is 4.79 Å². The number of amides is 1. The molecule has 0 aromatic rings. The normalized spacial score (nSPS) is 26.1. The van der Waals surface area contributed by atoms with Crippen LogP contribution in [0.1, 0.15) is 6.92 Å². The van der Waals surface area contributed by atoms with Gasteiger partial charge in [0.2, 0.25) is 0 Å². The van der Waals surface area contributed by atoms with E-state index in [0.29, 0.717) is 0 Å². The maximum absolute atomic E-state index is 10.2. The summed E-state index contributed by atoms with van der Waals surface area (Å²) in [5, 5.41) is 3.73. The number of rotatable bonds is 1. The van der Waals surface area contributed by atoms with Crippen molar-refractivity contribution in [2.24, 2.45) is 5.73 Å². The van der Waals surface area contributed by atoms with Crippen molar-refractivity contribution >= 4 is 17.3 Å². The minimum atomic E-state index is -0.841. The molecule has 1 unspecified atom stereocenters. The van der Waals surface area contributed by atoms with Gasteiger partial charge in [0.05, 0.1) is 0 Å². The zero-order valence-electron chi connectivity index (χ0n) is 5.57. The third kappa shape index (κ3) is 1.80. The molecule has 0 aliphatic carbocycles. The quantitative estimate of drug-likeness (QED) is 0.568. The molecule has 0 spiro atoms. The summed E-state index contributed by atoms with van der Waals surface area (Å²) in [6.07, 6.45) is 1.20. The molecule has 56 valence electrons. The highest BCUT2D eigenvalue weighted by Crippen LogP contribution is 2.36. The van der Waals surface area contributed by atoms with Crippen molar-refractivity contribution in [1.29, 1.82) is 0 Å². The molecule has 0 saturated carbocycles. The summed E-state index contributed by atoms with van der Waals surface area (Å²) in [5.74, 6) is 0. The summed E-state index contributed by atoms with van der Waals surface area (Å²) in [4.78, 5) is 10.2. The molecule has 0 aromatic carbocycles. The molecular formula is C6H9NO2S. The number of allylic oxidation sites excluding steroid dienone is 2. The molecule has 0 saturated heterocycles. The van der Waals surface area contributed by atoms with Crippen LogP contribution in [-0.4, -0.2) is 6.09 Å². The van der Waals surface area contributed by atoms with E-state index in [9.17, 15) is 4.79 Å². The van der Waals surface area contributed by atoms with Crippen LogP contribution in [-0.2, 0) is 4.18 Å². The lowest BCUT2D eigenvalue weighted by Crippen LogP contribution is -2.09. The van der Waals surface area contributed by atoms with Crippen molar-refractivity contribution in [1.82, 2.24) is 0 Å². The molecule has 0 fully saturated rings. The number of hydrogen-bond donors (Lipinski definition) is 2. The molecule has 0 bridgehead atoms. The molecule has 2 N–H and O–H groups in total. The molecule has 3 nitrogen and oxygen atoms in total. The number of carbonyl (C=O) groups excluding carboxylic acids is 1. The Morgan fingerprint density at radius 1 is 1.80 bits per heavy atom. The van der Waals surface area contributed by atoms with Gasteiger partial charge >= 0.3 is 6.09 Å². The fraction of sp³-hybridized carbons (Fsp3) is 0.167. The van der Waals surface area contributed by atoms with Crippen molar-refractivity contribution < 1.29 is 8.98 Å². The molecule has 1 aliphatic rings. The molecule has 4 heteroatoms. The molecule has 0 aromatic heterocycles. The van der Waals surface area contributed by atoms with E-state index in [4.69, 9.17) is 9.92 Å². The minimum absolute atomic E-state index is 0.707. The first-order valence-corrected chi connectivity index (χ1v) is 4.20. The van der Waals surface area contributed by atoms with Crippen molar-refractivity contribution in [3.8, 4) is 0 Å². The first-order valence-electron chi connectivity index (χ1n) is 2.81. The van der Waals surface area contributed by atoms with Gasteiger partial charge in [0.15, 0.2) is 0 Å². The standard InChI is InChI=1S/C6H9NO2S/c1-5-2-3-10(4-5)9-6(7)8/h2-4,10H,1H3,(H2,7,8). The first-order chi connectivity index (χ1) is 4.68. The summed E-state index contributed by atoms with van der Waals surface area (Å²) in [7, 11) is 0. The summed E-state index contributed by atoms with van der Waals surface area (Å²) >= 11 is -0.841. The second-order valence-corrected chi connectivity index (χ2v) is 3.42. The average Bonchev–Trinajstić information content (AvgIpc) is 2.13. The average molecular weight is 159 g/mol. The Morgan fingerprint density at radius 3 is 2.90 bits per heavy atom. The van der Waals surface area contributed by atoms with E-state index in [1.165, 1.54) is 0 Å². The molecule has 1 amide bonds. The topological polar surface area (TPSA) is 52.3 Å². The van der Waals surface area contributed by atoms with Gasteiger partial charge in [-0.15, -0.1) is 0 Å². The monoisotopic (exact) mass is 159 g/mol. The SMILES string of the molecule is CC1=C[SH](OC(N)=O)C=C1. The third-order valence-electron chi connectivity index (χ3n) is 1.01. The maximum atomic E-state index is 10.2. The molecule has 1 aliphatic heterocycles.